The molecular formula is C19H17F6N3O. The van der Waals surface area contributed by atoms with Gasteiger partial charge < -0.3 is 11.1 Å². The molecule has 2 rings (SSSR count). The number of rotatable bonds is 4. The average molecular weight is 417 g/mol. The summed E-state index contributed by atoms with van der Waals surface area (Å²) in [6.45, 7) is 3.21. The number of amides is 1. The zero-order chi connectivity index (χ0) is 22.0. The van der Waals surface area contributed by atoms with Crippen LogP contribution < -0.4 is 11.1 Å². The van der Waals surface area contributed by atoms with Crippen LogP contribution in [0.1, 0.15) is 27.0 Å². The zero-order valence-corrected chi connectivity index (χ0v) is 15.3. The Bertz CT molecular complexity index is 903. The number of nitrogens with one attached hydrogen (secondary N) is 1. The van der Waals surface area contributed by atoms with Crippen molar-refractivity contribution in [1.29, 1.82) is 0 Å². The molecule has 1 amide bonds. The van der Waals surface area contributed by atoms with Gasteiger partial charge in [-0.1, -0.05) is 47.5 Å². The third kappa shape index (κ3) is 4.69. The quantitative estimate of drug-likeness (QED) is 0.444. The Kier molecular flexibility index (Phi) is 5.96. The van der Waals surface area contributed by atoms with Gasteiger partial charge in [0.05, 0.1) is 0 Å². The first kappa shape index (κ1) is 22.3. The molecule has 29 heavy (non-hydrogen) atoms. The average Bonchev–Trinajstić information content (AvgIpc) is 2.59. The summed E-state index contributed by atoms with van der Waals surface area (Å²) < 4.78 is 82.0. The van der Waals surface area contributed by atoms with E-state index in [0.29, 0.717) is 11.1 Å². The monoisotopic (exact) mass is 417 g/mol. The lowest BCUT2D eigenvalue weighted by atomic mass is 10.1. The van der Waals surface area contributed by atoms with E-state index in [0.717, 1.165) is 17.4 Å². The topological polar surface area (TPSA) is 67.5 Å². The molecular weight excluding hydrogens is 400 g/mol. The molecule has 0 aliphatic rings. The number of aryl methyl sites for hydroxylation is 2. The van der Waals surface area contributed by atoms with Crippen molar-refractivity contribution in [2.24, 2.45) is 10.7 Å². The minimum Gasteiger partial charge on any atom is -0.383 e. The Morgan fingerprint density at radius 3 is 1.90 bits per heavy atom. The highest BCUT2D eigenvalue weighted by Crippen LogP contribution is 2.44. The first-order valence-corrected chi connectivity index (χ1v) is 8.22. The van der Waals surface area contributed by atoms with Crippen LogP contribution in [0.25, 0.3) is 0 Å². The number of alkyl halides is 6. The number of hydrogen-bond donors (Lipinski definition) is 2. The molecule has 4 nitrogen and oxygen atoms in total. The van der Waals surface area contributed by atoms with E-state index in [1.54, 1.807) is 6.92 Å². The van der Waals surface area contributed by atoms with Crippen molar-refractivity contribution < 1.29 is 31.1 Å². The molecule has 0 atom stereocenters. The number of benzene rings is 2. The molecule has 0 aromatic heterocycles. The molecule has 156 valence electrons. The minimum absolute atomic E-state index is 0.154. The molecule has 0 spiro atoms. The van der Waals surface area contributed by atoms with Crippen LogP contribution in [0.4, 0.5) is 26.3 Å². The van der Waals surface area contributed by atoms with Gasteiger partial charge in [-0.3, -0.25) is 4.79 Å². The lowest BCUT2D eigenvalue weighted by molar-refractivity contribution is -0.301. The number of nitrogens with zero attached hydrogens (tertiary/aromatic N) is 1. The van der Waals surface area contributed by atoms with Gasteiger partial charge in [0.2, 0.25) is 0 Å². The predicted molar refractivity (Wildman–Crippen MR) is 95.4 cm³/mol. The maximum atomic E-state index is 13.7. The van der Waals surface area contributed by atoms with Crippen LogP contribution in [-0.4, -0.2) is 29.8 Å². The van der Waals surface area contributed by atoms with Crippen LogP contribution in [-0.2, 0) is 0 Å². The maximum Gasteiger partial charge on any atom is 0.441 e. The van der Waals surface area contributed by atoms with E-state index in [9.17, 15) is 31.1 Å². The number of carbonyl (C=O) groups is 1. The first-order chi connectivity index (χ1) is 13.3. The van der Waals surface area contributed by atoms with Crippen molar-refractivity contribution in [3.05, 3.63) is 70.8 Å². The molecule has 2 aromatic rings. The number of nitrogens with two attached hydrogens (primary N) is 1. The molecule has 0 aliphatic carbocycles. The first-order valence-electron chi connectivity index (χ1n) is 8.22. The van der Waals surface area contributed by atoms with Gasteiger partial charge in [-0.25, -0.2) is 4.99 Å². The molecule has 0 aliphatic heterocycles. The van der Waals surface area contributed by atoms with Gasteiger partial charge in [0.25, 0.3) is 5.91 Å². The highest BCUT2D eigenvalue weighted by atomic mass is 19.4. The summed E-state index contributed by atoms with van der Waals surface area (Å²) in [7, 11) is 0. The second kappa shape index (κ2) is 7.76. The van der Waals surface area contributed by atoms with E-state index in [1.807, 2.05) is 0 Å². The molecule has 0 saturated heterocycles. The third-order valence-electron chi connectivity index (χ3n) is 4.03. The van der Waals surface area contributed by atoms with Gasteiger partial charge in [0, 0.05) is 11.1 Å². The highest BCUT2D eigenvalue weighted by molar-refractivity contribution is 5.99. The second-order valence-corrected chi connectivity index (χ2v) is 6.39. The molecule has 0 fully saturated rings. The summed E-state index contributed by atoms with van der Waals surface area (Å²) in [6.07, 6.45) is -12.0. The Morgan fingerprint density at radius 1 is 0.862 bits per heavy atom. The summed E-state index contributed by atoms with van der Waals surface area (Å²) in [5.74, 6) is -2.62. The SMILES string of the molecule is Cc1ccc(/C(N)=N/C(NC(=O)c2cccc(C)c2)(C(F)(F)F)C(F)(F)F)cc1. The van der Waals surface area contributed by atoms with E-state index >= 15 is 0 Å². The van der Waals surface area contributed by atoms with Gasteiger partial charge in [-0.15, -0.1) is 0 Å². The van der Waals surface area contributed by atoms with Crippen molar-refractivity contribution in [2.75, 3.05) is 0 Å². The molecule has 3 N–H and O–H groups in total. The van der Waals surface area contributed by atoms with Gasteiger partial charge in [0.1, 0.15) is 5.84 Å². The summed E-state index contributed by atoms with van der Waals surface area (Å²) in [5.41, 5.74) is 1.20. The molecule has 0 radical (unpaired) electrons. The van der Waals surface area contributed by atoms with Gasteiger partial charge in [-0.2, -0.15) is 26.3 Å². The standard InChI is InChI=1S/C19H17F6N3O/c1-11-6-8-13(9-7-11)15(26)27-17(18(20,21)22,19(23,24)25)28-16(29)14-5-3-4-12(2)10-14/h3-10H,1-2H3,(H2,26,27)(H,28,29). The lowest BCUT2D eigenvalue weighted by Crippen LogP contribution is -2.67. The molecule has 2 aromatic carbocycles. The minimum atomic E-state index is -6.01. The van der Waals surface area contributed by atoms with Crippen molar-refractivity contribution in [1.82, 2.24) is 5.32 Å². The van der Waals surface area contributed by atoms with Crippen LogP contribution in [0, 0.1) is 13.8 Å². The largest absolute Gasteiger partial charge is 0.441 e. The van der Waals surface area contributed by atoms with Crippen LogP contribution in [0.3, 0.4) is 0 Å². The smallest absolute Gasteiger partial charge is 0.383 e. The molecule has 0 saturated carbocycles. The molecule has 10 heteroatoms. The fourth-order valence-corrected chi connectivity index (χ4v) is 2.45. The van der Waals surface area contributed by atoms with Crippen LogP contribution in [0.5, 0.6) is 0 Å². The summed E-state index contributed by atoms with van der Waals surface area (Å²) in [5, 5.41) is 1.01. The van der Waals surface area contributed by atoms with E-state index in [1.165, 1.54) is 43.3 Å². The van der Waals surface area contributed by atoms with Crippen molar-refractivity contribution >= 4 is 11.7 Å². The normalized spacial score (nSPS) is 13.3. The Morgan fingerprint density at radius 2 is 1.41 bits per heavy atom. The van der Waals surface area contributed by atoms with Gasteiger partial charge in [-0.05, 0) is 26.0 Å². The van der Waals surface area contributed by atoms with E-state index < -0.39 is 29.8 Å². The molecule has 0 bridgehead atoms. The van der Waals surface area contributed by atoms with Crippen LogP contribution in [0.2, 0.25) is 0 Å². The third-order valence-corrected chi connectivity index (χ3v) is 4.03. The van der Waals surface area contributed by atoms with Crippen LogP contribution >= 0.6 is 0 Å². The molecule has 0 unspecified atom stereocenters. The Hall–Kier alpha value is -3.04. The van der Waals surface area contributed by atoms with E-state index in [-0.39, 0.29) is 11.1 Å². The number of amidine groups is 1. The fourth-order valence-electron chi connectivity index (χ4n) is 2.45. The lowest BCUT2D eigenvalue weighted by Gasteiger charge is -2.34. The van der Waals surface area contributed by atoms with Crippen molar-refractivity contribution in [3.63, 3.8) is 0 Å². The fraction of sp³-hybridized carbons (Fsp3) is 0.263. The van der Waals surface area contributed by atoms with Crippen molar-refractivity contribution in [3.8, 4) is 0 Å². The van der Waals surface area contributed by atoms with Gasteiger partial charge in [0.15, 0.2) is 0 Å². The Balaban J connectivity index is 2.61. The summed E-state index contributed by atoms with van der Waals surface area (Å²) in [6, 6.07) is 10.5. The van der Waals surface area contributed by atoms with E-state index in [4.69, 9.17) is 5.73 Å². The number of aliphatic imine (C=N–C) groups is 1. The zero-order valence-electron chi connectivity index (χ0n) is 15.3. The summed E-state index contributed by atoms with van der Waals surface area (Å²) in [4.78, 5) is 15.0. The highest BCUT2D eigenvalue weighted by Gasteiger charge is 2.73. The number of hydrogen-bond acceptors (Lipinski definition) is 2. The Labute approximate surface area is 162 Å². The predicted octanol–water partition coefficient (Wildman–Crippen LogP) is 4.26. The molecule has 0 heterocycles. The van der Waals surface area contributed by atoms with Gasteiger partial charge >= 0.3 is 18.0 Å². The summed E-state index contributed by atoms with van der Waals surface area (Å²) >= 11 is 0. The van der Waals surface area contributed by atoms with E-state index in [2.05, 4.69) is 4.99 Å². The number of carbonyl (C=O) groups excluding carboxylic acids is 1. The van der Waals surface area contributed by atoms with Crippen molar-refractivity contribution in [2.45, 2.75) is 31.9 Å². The second-order valence-electron chi connectivity index (χ2n) is 6.39. The van der Waals surface area contributed by atoms with Crippen LogP contribution in [0.15, 0.2) is 53.5 Å². The number of halogens is 6. The maximum absolute atomic E-state index is 13.7.